The van der Waals surface area contributed by atoms with Crippen LogP contribution >= 0.6 is 11.3 Å². The molecular formula is C13H14N2O3S. The second-order valence-electron chi connectivity index (χ2n) is 3.74. The molecule has 1 amide bonds. The van der Waals surface area contributed by atoms with Crippen LogP contribution in [-0.2, 0) is 4.79 Å². The fourth-order valence-corrected chi connectivity index (χ4v) is 1.98. The molecule has 0 fully saturated rings. The maximum absolute atomic E-state index is 11.9. The first-order chi connectivity index (χ1) is 9.20. The summed E-state index contributed by atoms with van der Waals surface area (Å²) in [5.74, 6) is 0.879. The van der Waals surface area contributed by atoms with E-state index in [1.54, 1.807) is 37.7 Å². The lowest BCUT2D eigenvalue weighted by atomic mass is 10.3. The lowest BCUT2D eigenvalue weighted by Gasteiger charge is -2.15. The van der Waals surface area contributed by atoms with E-state index in [-0.39, 0.29) is 5.91 Å². The highest BCUT2D eigenvalue weighted by atomic mass is 32.1. The smallest absolute Gasteiger partial charge is 0.266 e. The van der Waals surface area contributed by atoms with Gasteiger partial charge in [-0.1, -0.05) is 12.1 Å². The van der Waals surface area contributed by atoms with Crippen molar-refractivity contribution in [3.63, 3.8) is 0 Å². The van der Waals surface area contributed by atoms with E-state index in [1.807, 2.05) is 12.1 Å². The van der Waals surface area contributed by atoms with Crippen molar-refractivity contribution in [1.82, 2.24) is 4.98 Å². The van der Waals surface area contributed by atoms with Gasteiger partial charge >= 0.3 is 0 Å². The average molecular weight is 278 g/mol. The molecule has 0 aliphatic heterocycles. The van der Waals surface area contributed by atoms with Gasteiger partial charge in [-0.05, 0) is 19.1 Å². The van der Waals surface area contributed by atoms with Gasteiger partial charge in [0, 0.05) is 11.6 Å². The molecule has 0 radical (unpaired) electrons. The largest absolute Gasteiger partial charge is 0.493 e. The Kier molecular flexibility index (Phi) is 4.35. The number of carbonyl (C=O) groups is 1. The highest BCUT2D eigenvalue weighted by Crippen LogP contribution is 2.27. The van der Waals surface area contributed by atoms with E-state index in [1.165, 1.54) is 11.3 Å². The van der Waals surface area contributed by atoms with Crippen molar-refractivity contribution in [2.45, 2.75) is 13.0 Å². The van der Waals surface area contributed by atoms with Gasteiger partial charge in [0.2, 0.25) is 0 Å². The number of anilines is 1. The molecule has 0 saturated heterocycles. The molecule has 0 saturated carbocycles. The predicted molar refractivity (Wildman–Crippen MR) is 73.8 cm³/mol. The van der Waals surface area contributed by atoms with Crippen LogP contribution in [0.2, 0.25) is 0 Å². The van der Waals surface area contributed by atoms with Crippen LogP contribution in [0, 0.1) is 0 Å². The van der Waals surface area contributed by atoms with Crippen molar-refractivity contribution < 1.29 is 14.3 Å². The van der Waals surface area contributed by atoms with E-state index in [2.05, 4.69) is 10.3 Å². The maximum atomic E-state index is 11.9. The van der Waals surface area contributed by atoms with Gasteiger partial charge in [-0.3, -0.25) is 10.1 Å². The number of rotatable bonds is 5. The Bertz CT molecular complexity index is 543. The minimum Gasteiger partial charge on any atom is -0.493 e. The zero-order chi connectivity index (χ0) is 13.7. The molecule has 1 aromatic carbocycles. The Morgan fingerprint density at radius 1 is 1.37 bits per heavy atom. The number of hydrogen-bond donors (Lipinski definition) is 1. The Labute approximate surface area is 115 Å². The Balaban J connectivity index is 2.00. The summed E-state index contributed by atoms with van der Waals surface area (Å²) in [4.78, 5) is 15.9. The number of amides is 1. The molecule has 5 nitrogen and oxygen atoms in total. The van der Waals surface area contributed by atoms with Crippen LogP contribution in [0.15, 0.2) is 35.8 Å². The van der Waals surface area contributed by atoms with Crippen LogP contribution in [0.5, 0.6) is 11.5 Å². The van der Waals surface area contributed by atoms with E-state index in [0.717, 1.165) is 0 Å². The molecule has 6 heteroatoms. The Hall–Kier alpha value is -2.08. The summed E-state index contributed by atoms with van der Waals surface area (Å²) in [6, 6.07) is 7.20. The molecule has 0 aliphatic carbocycles. The average Bonchev–Trinajstić information content (AvgIpc) is 2.92. The number of nitrogens with one attached hydrogen (secondary N) is 1. The van der Waals surface area contributed by atoms with Gasteiger partial charge < -0.3 is 9.47 Å². The van der Waals surface area contributed by atoms with E-state index in [4.69, 9.17) is 9.47 Å². The highest BCUT2D eigenvalue weighted by Gasteiger charge is 2.17. The van der Waals surface area contributed by atoms with Crippen LogP contribution in [0.1, 0.15) is 6.92 Å². The van der Waals surface area contributed by atoms with Crippen LogP contribution in [0.25, 0.3) is 0 Å². The summed E-state index contributed by atoms with van der Waals surface area (Å²) in [7, 11) is 1.56. The number of benzene rings is 1. The zero-order valence-electron chi connectivity index (χ0n) is 10.6. The molecule has 0 bridgehead atoms. The summed E-state index contributed by atoms with van der Waals surface area (Å²) in [6.45, 7) is 1.68. The van der Waals surface area contributed by atoms with Crippen molar-refractivity contribution in [1.29, 1.82) is 0 Å². The van der Waals surface area contributed by atoms with Crippen LogP contribution < -0.4 is 14.8 Å². The number of ether oxygens (including phenoxy) is 2. The standard InChI is InChI=1S/C13H14N2O3S/c1-9(12(16)15-13-14-7-8-19-13)18-11-6-4-3-5-10(11)17-2/h3-9H,1-2H3,(H,14,15,16)/t9-/m0/s1. The number of nitrogens with zero attached hydrogens (tertiary/aromatic N) is 1. The van der Waals surface area contributed by atoms with E-state index in [0.29, 0.717) is 16.6 Å². The molecular weight excluding hydrogens is 264 g/mol. The van der Waals surface area contributed by atoms with E-state index in [9.17, 15) is 4.79 Å². The van der Waals surface area contributed by atoms with Gasteiger partial charge in [-0.2, -0.15) is 0 Å². The van der Waals surface area contributed by atoms with Crippen LogP contribution in [-0.4, -0.2) is 24.1 Å². The topological polar surface area (TPSA) is 60.5 Å². The number of carbonyl (C=O) groups excluding carboxylic acids is 1. The zero-order valence-corrected chi connectivity index (χ0v) is 11.4. The van der Waals surface area contributed by atoms with Crippen molar-refractivity contribution >= 4 is 22.4 Å². The van der Waals surface area contributed by atoms with E-state index >= 15 is 0 Å². The minimum absolute atomic E-state index is 0.249. The Morgan fingerprint density at radius 2 is 2.11 bits per heavy atom. The van der Waals surface area contributed by atoms with E-state index < -0.39 is 6.10 Å². The molecule has 1 atom stereocenters. The summed E-state index contributed by atoms with van der Waals surface area (Å²) in [5.41, 5.74) is 0. The molecule has 19 heavy (non-hydrogen) atoms. The quantitative estimate of drug-likeness (QED) is 0.913. The number of hydrogen-bond acceptors (Lipinski definition) is 5. The molecule has 100 valence electrons. The lowest BCUT2D eigenvalue weighted by Crippen LogP contribution is -2.30. The van der Waals surface area contributed by atoms with Crippen LogP contribution in [0.3, 0.4) is 0 Å². The lowest BCUT2D eigenvalue weighted by molar-refractivity contribution is -0.122. The van der Waals surface area contributed by atoms with Crippen LogP contribution in [0.4, 0.5) is 5.13 Å². The second-order valence-corrected chi connectivity index (χ2v) is 4.63. The molecule has 2 aromatic rings. The van der Waals surface area contributed by atoms with Gasteiger partial charge in [0.25, 0.3) is 5.91 Å². The van der Waals surface area contributed by atoms with Gasteiger partial charge in [-0.15, -0.1) is 11.3 Å². The first-order valence-electron chi connectivity index (χ1n) is 5.70. The molecule has 0 unspecified atom stereocenters. The van der Waals surface area contributed by atoms with Crippen molar-refractivity contribution in [2.24, 2.45) is 0 Å². The maximum Gasteiger partial charge on any atom is 0.266 e. The fraction of sp³-hybridized carbons (Fsp3) is 0.231. The number of methoxy groups -OCH3 is 1. The molecule has 0 aliphatic rings. The molecule has 1 heterocycles. The summed E-state index contributed by atoms with van der Waals surface area (Å²) < 4.78 is 10.8. The molecule has 1 N–H and O–H groups in total. The molecule has 1 aromatic heterocycles. The first kappa shape index (κ1) is 13.4. The number of aromatic nitrogens is 1. The molecule has 0 spiro atoms. The second kappa shape index (κ2) is 6.19. The third-order valence-electron chi connectivity index (χ3n) is 2.40. The first-order valence-corrected chi connectivity index (χ1v) is 6.58. The normalized spacial score (nSPS) is 11.7. The fourth-order valence-electron chi connectivity index (χ4n) is 1.45. The summed E-state index contributed by atoms with van der Waals surface area (Å²) in [5, 5.41) is 5.03. The number of para-hydroxylation sites is 2. The van der Waals surface area contributed by atoms with Gasteiger partial charge in [-0.25, -0.2) is 4.98 Å². The third-order valence-corrected chi connectivity index (χ3v) is 3.09. The monoisotopic (exact) mass is 278 g/mol. The number of thiazole rings is 1. The summed E-state index contributed by atoms with van der Waals surface area (Å²) in [6.07, 6.45) is 0.992. The third kappa shape index (κ3) is 3.45. The van der Waals surface area contributed by atoms with Crippen molar-refractivity contribution in [3.05, 3.63) is 35.8 Å². The molecule has 2 rings (SSSR count). The van der Waals surface area contributed by atoms with Crippen molar-refractivity contribution in [2.75, 3.05) is 12.4 Å². The van der Waals surface area contributed by atoms with Gasteiger partial charge in [0.05, 0.1) is 7.11 Å². The predicted octanol–water partition coefficient (Wildman–Crippen LogP) is 2.56. The van der Waals surface area contributed by atoms with Gasteiger partial charge in [0.15, 0.2) is 22.7 Å². The minimum atomic E-state index is -0.639. The van der Waals surface area contributed by atoms with Gasteiger partial charge in [0.1, 0.15) is 0 Å². The summed E-state index contributed by atoms with van der Waals surface area (Å²) >= 11 is 1.36. The SMILES string of the molecule is COc1ccccc1O[C@@H](C)C(=O)Nc1nccs1. The highest BCUT2D eigenvalue weighted by molar-refractivity contribution is 7.13. The van der Waals surface area contributed by atoms with Crippen molar-refractivity contribution in [3.8, 4) is 11.5 Å². The Morgan fingerprint density at radius 3 is 2.74 bits per heavy atom.